The lowest BCUT2D eigenvalue weighted by atomic mass is 10.1. The number of halogens is 2. The van der Waals surface area contributed by atoms with Crippen LogP contribution in [0.4, 0.5) is 0 Å². The van der Waals surface area contributed by atoms with Crippen molar-refractivity contribution in [1.29, 1.82) is 0 Å². The minimum Gasteiger partial charge on any atom is -0.396 e. The van der Waals surface area contributed by atoms with Gasteiger partial charge in [-0.15, -0.1) is 12.4 Å². The van der Waals surface area contributed by atoms with Gasteiger partial charge in [-0.05, 0) is 18.1 Å². The highest BCUT2D eigenvalue weighted by molar-refractivity contribution is 6.31. The Morgan fingerprint density at radius 2 is 2.31 bits per heavy atom. The summed E-state index contributed by atoms with van der Waals surface area (Å²) in [4.78, 5) is 3.84. The summed E-state index contributed by atoms with van der Waals surface area (Å²) in [7, 11) is 0. The van der Waals surface area contributed by atoms with Crippen LogP contribution in [0.5, 0.6) is 0 Å². The summed E-state index contributed by atoms with van der Waals surface area (Å²) in [5, 5.41) is 9.20. The van der Waals surface area contributed by atoms with E-state index in [9.17, 15) is 0 Å². The van der Waals surface area contributed by atoms with E-state index in [0.29, 0.717) is 11.4 Å². The number of hydrogen-bond donors (Lipinski definition) is 2. The van der Waals surface area contributed by atoms with Crippen molar-refractivity contribution >= 4 is 24.0 Å². The highest BCUT2D eigenvalue weighted by atomic mass is 35.5. The van der Waals surface area contributed by atoms with Crippen LogP contribution in [0, 0.1) is 0 Å². The molecule has 0 aromatic carbocycles. The molecule has 0 spiro atoms. The molecule has 3 nitrogen and oxygen atoms in total. The van der Waals surface area contributed by atoms with Crippen LogP contribution in [0.3, 0.4) is 0 Å². The van der Waals surface area contributed by atoms with Crippen molar-refractivity contribution < 1.29 is 5.11 Å². The maximum absolute atomic E-state index is 8.65. The largest absolute Gasteiger partial charge is 0.396 e. The van der Waals surface area contributed by atoms with Crippen LogP contribution in [0.1, 0.15) is 18.0 Å². The van der Waals surface area contributed by atoms with Crippen LogP contribution in [0.2, 0.25) is 5.02 Å². The molecule has 1 aromatic heterocycles. The second-order valence-electron chi connectivity index (χ2n) is 2.52. The molecule has 0 aliphatic heterocycles. The SMILES string of the molecule is Cl.N[C@@H](CCO)c1ccncc1Cl. The average Bonchev–Trinajstić information content (AvgIpc) is 2.05. The van der Waals surface area contributed by atoms with E-state index in [2.05, 4.69) is 4.98 Å². The predicted octanol–water partition coefficient (Wildman–Crippen LogP) is 1.54. The summed E-state index contributed by atoms with van der Waals surface area (Å²) in [5.74, 6) is 0. The number of hydrogen-bond acceptors (Lipinski definition) is 3. The molecule has 1 rings (SSSR count). The molecular formula is C8H12Cl2N2O. The van der Waals surface area contributed by atoms with Crippen molar-refractivity contribution in [2.75, 3.05) is 6.61 Å². The van der Waals surface area contributed by atoms with E-state index in [1.807, 2.05) is 0 Å². The highest BCUT2D eigenvalue weighted by Crippen LogP contribution is 2.21. The monoisotopic (exact) mass is 222 g/mol. The molecule has 0 aliphatic carbocycles. The summed E-state index contributed by atoms with van der Waals surface area (Å²) in [6, 6.07) is 1.56. The fourth-order valence-corrected chi connectivity index (χ4v) is 1.24. The van der Waals surface area contributed by atoms with E-state index >= 15 is 0 Å². The van der Waals surface area contributed by atoms with Crippen LogP contribution in [0.25, 0.3) is 0 Å². The van der Waals surface area contributed by atoms with Gasteiger partial charge in [-0.25, -0.2) is 0 Å². The van der Waals surface area contributed by atoms with E-state index in [-0.39, 0.29) is 25.1 Å². The first kappa shape index (κ1) is 12.7. The summed E-state index contributed by atoms with van der Waals surface area (Å²) in [6.45, 7) is 0.0693. The van der Waals surface area contributed by atoms with E-state index in [0.717, 1.165) is 5.56 Å². The molecule has 3 N–H and O–H groups in total. The molecule has 1 heterocycles. The Labute approximate surface area is 88.3 Å². The fraction of sp³-hybridized carbons (Fsp3) is 0.375. The van der Waals surface area contributed by atoms with E-state index in [1.165, 1.54) is 0 Å². The molecule has 0 bridgehead atoms. The van der Waals surface area contributed by atoms with E-state index in [4.69, 9.17) is 22.4 Å². The van der Waals surface area contributed by atoms with Gasteiger partial charge in [-0.1, -0.05) is 11.6 Å². The second-order valence-corrected chi connectivity index (χ2v) is 2.92. The van der Waals surface area contributed by atoms with Gasteiger partial charge in [-0.3, -0.25) is 4.98 Å². The molecule has 0 saturated carbocycles. The lowest BCUT2D eigenvalue weighted by molar-refractivity contribution is 0.276. The third-order valence-electron chi connectivity index (χ3n) is 1.64. The summed E-state index contributed by atoms with van der Waals surface area (Å²) < 4.78 is 0. The van der Waals surface area contributed by atoms with Crippen LogP contribution < -0.4 is 5.73 Å². The van der Waals surface area contributed by atoms with Gasteiger partial charge >= 0.3 is 0 Å². The second kappa shape index (κ2) is 6.16. The van der Waals surface area contributed by atoms with Gasteiger partial charge in [-0.2, -0.15) is 0 Å². The van der Waals surface area contributed by atoms with Crippen molar-refractivity contribution in [3.05, 3.63) is 29.0 Å². The van der Waals surface area contributed by atoms with Gasteiger partial charge in [0.15, 0.2) is 0 Å². The van der Waals surface area contributed by atoms with Crippen molar-refractivity contribution in [3.8, 4) is 0 Å². The smallest absolute Gasteiger partial charge is 0.0637 e. The first-order valence-corrected chi connectivity index (χ1v) is 4.09. The Kier molecular flexibility index (Phi) is 5.99. The third-order valence-corrected chi connectivity index (χ3v) is 1.96. The number of aliphatic hydroxyl groups excluding tert-OH is 1. The molecule has 0 fully saturated rings. The molecule has 0 aliphatic rings. The summed E-state index contributed by atoms with van der Waals surface area (Å²) in [6.07, 6.45) is 3.70. The topological polar surface area (TPSA) is 59.1 Å². The zero-order chi connectivity index (χ0) is 8.97. The Hall–Kier alpha value is -0.350. The summed E-state index contributed by atoms with van der Waals surface area (Å²) in [5.41, 5.74) is 6.57. The molecule has 5 heteroatoms. The molecule has 1 aromatic rings. The molecule has 1 atom stereocenters. The van der Waals surface area contributed by atoms with Crippen LogP contribution in [0.15, 0.2) is 18.5 Å². The molecule has 0 saturated heterocycles. The van der Waals surface area contributed by atoms with Crippen molar-refractivity contribution in [2.45, 2.75) is 12.5 Å². The zero-order valence-corrected chi connectivity index (χ0v) is 8.55. The maximum Gasteiger partial charge on any atom is 0.0637 e. The number of aromatic nitrogens is 1. The molecule has 74 valence electrons. The Bertz CT molecular complexity index is 258. The van der Waals surface area contributed by atoms with Gasteiger partial charge in [0.2, 0.25) is 0 Å². The zero-order valence-electron chi connectivity index (χ0n) is 6.98. The normalized spacial score (nSPS) is 11.9. The van der Waals surface area contributed by atoms with Gasteiger partial charge < -0.3 is 10.8 Å². The molecular weight excluding hydrogens is 211 g/mol. The summed E-state index contributed by atoms with van der Waals surface area (Å²) >= 11 is 5.83. The van der Waals surface area contributed by atoms with Gasteiger partial charge in [0.1, 0.15) is 0 Å². The number of nitrogens with zero attached hydrogens (tertiary/aromatic N) is 1. The number of nitrogens with two attached hydrogens (primary N) is 1. The Balaban J connectivity index is 0.00000144. The lowest BCUT2D eigenvalue weighted by Gasteiger charge is -2.10. The molecule has 0 radical (unpaired) electrons. The van der Waals surface area contributed by atoms with E-state index in [1.54, 1.807) is 18.5 Å². The maximum atomic E-state index is 8.65. The Morgan fingerprint density at radius 1 is 1.62 bits per heavy atom. The third kappa shape index (κ3) is 3.48. The average molecular weight is 223 g/mol. The van der Waals surface area contributed by atoms with Crippen molar-refractivity contribution in [3.63, 3.8) is 0 Å². The van der Waals surface area contributed by atoms with Crippen LogP contribution in [-0.4, -0.2) is 16.7 Å². The molecule has 13 heavy (non-hydrogen) atoms. The highest BCUT2D eigenvalue weighted by Gasteiger charge is 2.08. The molecule has 0 unspecified atom stereocenters. The Morgan fingerprint density at radius 3 is 2.85 bits per heavy atom. The van der Waals surface area contributed by atoms with Gasteiger partial charge in [0, 0.05) is 25.0 Å². The van der Waals surface area contributed by atoms with Crippen LogP contribution in [-0.2, 0) is 0 Å². The first-order chi connectivity index (χ1) is 5.75. The number of pyridine rings is 1. The first-order valence-electron chi connectivity index (χ1n) is 3.71. The number of aliphatic hydroxyl groups is 1. The predicted molar refractivity (Wildman–Crippen MR) is 55.1 cm³/mol. The van der Waals surface area contributed by atoms with Gasteiger partial charge in [0.25, 0.3) is 0 Å². The van der Waals surface area contributed by atoms with Gasteiger partial charge in [0.05, 0.1) is 5.02 Å². The standard InChI is InChI=1S/C8H11ClN2O.ClH/c9-7-5-11-3-1-6(7)8(10)2-4-12;/h1,3,5,8,12H,2,4,10H2;1H/t8-;/m0./s1. The molecule has 0 amide bonds. The number of rotatable bonds is 3. The van der Waals surface area contributed by atoms with Crippen LogP contribution >= 0.6 is 24.0 Å². The fourth-order valence-electron chi connectivity index (χ4n) is 0.981. The quantitative estimate of drug-likeness (QED) is 0.816. The lowest BCUT2D eigenvalue weighted by Crippen LogP contribution is -2.12. The minimum atomic E-state index is -0.203. The van der Waals surface area contributed by atoms with Crippen molar-refractivity contribution in [1.82, 2.24) is 4.98 Å². The minimum absolute atomic E-state index is 0. The van der Waals surface area contributed by atoms with E-state index < -0.39 is 0 Å². The van der Waals surface area contributed by atoms with Crippen molar-refractivity contribution in [2.24, 2.45) is 5.73 Å².